The standard InChI is InChI=1S/C27H36BrN3O5S/c1-20(27(33)29-23-9-4-5-10-23)30(19-21-14-16-22(28)17-15-21)26(32)13-8-18-31(37(3,34)35)24-11-6-7-12-25(24)36-2/h6-7,11-12,14-17,20,23H,4-5,8-10,13,18-19H2,1-3H3,(H,29,33)/t20-/m0/s1. The molecule has 0 unspecified atom stereocenters. The third-order valence-corrected chi connectivity index (χ3v) is 8.35. The van der Waals surface area contributed by atoms with Crippen LogP contribution in [0.15, 0.2) is 53.0 Å². The van der Waals surface area contributed by atoms with E-state index in [9.17, 15) is 18.0 Å². The lowest BCUT2D eigenvalue weighted by molar-refractivity contribution is -0.141. The number of sulfonamides is 1. The smallest absolute Gasteiger partial charge is 0.242 e. The Balaban J connectivity index is 1.73. The third-order valence-electron chi connectivity index (χ3n) is 6.64. The Morgan fingerprint density at radius 2 is 1.76 bits per heavy atom. The number of rotatable bonds is 12. The molecule has 1 saturated carbocycles. The molecule has 3 rings (SSSR count). The highest BCUT2D eigenvalue weighted by molar-refractivity contribution is 9.10. The zero-order chi connectivity index (χ0) is 27.0. The first kappa shape index (κ1) is 29.0. The van der Waals surface area contributed by atoms with E-state index in [1.807, 2.05) is 24.3 Å². The van der Waals surface area contributed by atoms with E-state index in [-0.39, 0.29) is 43.8 Å². The van der Waals surface area contributed by atoms with Crippen LogP contribution < -0.4 is 14.4 Å². The summed E-state index contributed by atoms with van der Waals surface area (Å²) < 4.78 is 32.7. The van der Waals surface area contributed by atoms with E-state index in [4.69, 9.17) is 4.74 Å². The molecule has 0 bridgehead atoms. The van der Waals surface area contributed by atoms with Gasteiger partial charge in [-0.15, -0.1) is 0 Å². The van der Waals surface area contributed by atoms with Crippen molar-refractivity contribution in [2.24, 2.45) is 0 Å². The summed E-state index contributed by atoms with van der Waals surface area (Å²) in [5, 5.41) is 3.10. The van der Waals surface area contributed by atoms with Gasteiger partial charge in [-0.2, -0.15) is 0 Å². The van der Waals surface area contributed by atoms with Crippen molar-refractivity contribution in [1.29, 1.82) is 0 Å². The first-order valence-corrected chi connectivity index (χ1v) is 15.2. The van der Waals surface area contributed by atoms with Gasteiger partial charge in [0.2, 0.25) is 21.8 Å². The highest BCUT2D eigenvalue weighted by Crippen LogP contribution is 2.30. The topological polar surface area (TPSA) is 96.0 Å². The van der Waals surface area contributed by atoms with Gasteiger partial charge < -0.3 is 15.0 Å². The molecule has 1 atom stereocenters. The summed E-state index contributed by atoms with van der Waals surface area (Å²) in [4.78, 5) is 28.1. The van der Waals surface area contributed by atoms with Gasteiger partial charge in [0.1, 0.15) is 11.8 Å². The molecule has 37 heavy (non-hydrogen) atoms. The van der Waals surface area contributed by atoms with E-state index < -0.39 is 16.1 Å². The van der Waals surface area contributed by atoms with Gasteiger partial charge in [-0.25, -0.2) is 8.42 Å². The van der Waals surface area contributed by atoms with Crippen LogP contribution in [-0.2, 0) is 26.2 Å². The van der Waals surface area contributed by atoms with E-state index in [2.05, 4.69) is 21.2 Å². The predicted molar refractivity (Wildman–Crippen MR) is 149 cm³/mol. The molecule has 0 saturated heterocycles. The summed E-state index contributed by atoms with van der Waals surface area (Å²) in [6.07, 6.45) is 5.65. The van der Waals surface area contributed by atoms with E-state index in [1.165, 1.54) is 11.4 Å². The summed E-state index contributed by atoms with van der Waals surface area (Å²) >= 11 is 3.43. The molecule has 1 aliphatic carbocycles. The van der Waals surface area contributed by atoms with Crippen molar-refractivity contribution in [2.45, 2.75) is 64.1 Å². The highest BCUT2D eigenvalue weighted by Gasteiger charge is 2.29. The van der Waals surface area contributed by atoms with E-state index in [0.717, 1.165) is 42.0 Å². The average molecular weight is 595 g/mol. The molecule has 2 aromatic rings. The van der Waals surface area contributed by atoms with Gasteiger partial charge >= 0.3 is 0 Å². The molecule has 202 valence electrons. The summed E-state index contributed by atoms with van der Waals surface area (Å²) in [5.41, 5.74) is 1.33. The zero-order valence-electron chi connectivity index (χ0n) is 21.7. The van der Waals surface area contributed by atoms with Crippen LogP contribution >= 0.6 is 15.9 Å². The van der Waals surface area contributed by atoms with E-state index >= 15 is 0 Å². The minimum atomic E-state index is -3.60. The molecule has 2 aromatic carbocycles. The molecule has 0 aromatic heterocycles. The molecule has 0 radical (unpaired) electrons. The van der Waals surface area contributed by atoms with Crippen molar-refractivity contribution in [3.63, 3.8) is 0 Å². The Morgan fingerprint density at radius 3 is 2.38 bits per heavy atom. The maximum absolute atomic E-state index is 13.4. The van der Waals surface area contributed by atoms with Crippen molar-refractivity contribution in [1.82, 2.24) is 10.2 Å². The zero-order valence-corrected chi connectivity index (χ0v) is 24.1. The maximum Gasteiger partial charge on any atom is 0.242 e. The number of para-hydroxylation sites is 2. The van der Waals surface area contributed by atoms with Gasteiger partial charge in [-0.05, 0) is 56.0 Å². The summed E-state index contributed by atoms with van der Waals surface area (Å²) in [7, 11) is -2.12. The summed E-state index contributed by atoms with van der Waals surface area (Å²) in [6, 6.07) is 14.0. The second kappa shape index (κ2) is 13.3. The maximum atomic E-state index is 13.4. The van der Waals surface area contributed by atoms with Crippen LogP contribution in [0.4, 0.5) is 5.69 Å². The van der Waals surface area contributed by atoms with Crippen molar-refractivity contribution in [3.05, 3.63) is 58.6 Å². The molecule has 2 amide bonds. The van der Waals surface area contributed by atoms with Gasteiger partial charge in [0, 0.05) is 30.0 Å². The van der Waals surface area contributed by atoms with Crippen LogP contribution in [0.1, 0.15) is 51.0 Å². The molecule has 1 aliphatic rings. The largest absolute Gasteiger partial charge is 0.495 e. The van der Waals surface area contributed by atoms with Gasteiger partial charge in [0.15, 0.2) is 0 Å². The monoisotopic (exact) mass is 593 g/mol. The fraction of sp³-hybridized carbons (Fsp3) is 0.481. The van der Waals surface area contributed by atoms with Crippen LogP contribution in [0, 0.1) is 0 Å². The number of nitrogens with one attached hydrogen (secondary N) is 1. The lowest BCUT2D eigenvalue weighted by Crippen LogP contribution is -2.49. The molecule has 0 aliphatic heterocycles. The Morgan fingerprint density at radius 1 is 1.11 bits per heavy atom. The van der Waals surface area contributed by atoms with Crippen LogP contribution in [0.2, 0.25) is 0 Å². The van der Waals surface area contributed by atoms with Gasteiger partial charge in [-0.1, -0.05) is 53.0 Å². The number of carbonyl (C=O) groups is 2. The SMILES string of the molecule is COc1ccccc1N(CCCC(=O)N(Cc1ccc(Br)cc1)[C@@H](C)C(=O)NC1CCCC1)S(C)(=O)=O. The van der Waals surface area contributed by atoms with Crippen molar-refractivity contribution >= 4 is 43.5 Å². The number of halogens is 1. The Bertz CT molecular complexity index is 1170. The van der Waals surface area contributed by atoms with Gasteiger partial charge in [0.25, 0.3) is 0 Å². The van der Waals surface area contributed by atoms with E-state index in [0.29, 0.717) is 11.4 Å². The summed E-state index contributed by atoms with van der Waals surface area (Å²) in [5.74, 6) is 0.0722. The average Bonchev–Trinajstić information content (AvgIpc) is 3.38. The fourth-order valence-electron chi connectivity index (χ4n) is 4.58. The third kappa shape index (κ3) is 8.20. The Labute approximate surface area is 228 Å². The predicted octanol–water partition coefficient (Wildman–Crippen LogP) is 4.48. The number of hydrogen-bond acceptors (Lipinski definition) is 5. The number of benzene rings is 2. The molecular formula is C27H36BrN3O5S. The van der Waals surface area contributed by atoms with Crippen LogP contribution in [-0.4, -0.2) is 57.1 Å². The molecule has 10 heteroatoms. The number of nitrogens with zero attached hydrogens (tertiary/aromatic N) is 2. The number of carbonyl (C=O) groups excluding carboxylic acids is 2. The van der Waals surface area contributed by atoms with E-state index in [1.54, 1.807) is 36.1 Å². The minimum absolute atomic E-state index is 0.0960. The summed E-state index contributed by atoms with van der Waals surface area (Å²) in [6.45, 7) is 2.14. The van der Waals surface area contributed by atoms with Crippen molar-refractivity contribution in [3.8, 4) is 5.75 Å². The Kier molecular flexibility index (Phi) is 10.4. The quantitative estimate of drug-likeness (QED) is 0.391. The first-order valence-electron chi connectivity index (χ1n) is 12.5. The first-order chi connectivity index (χ1) is 17.6. The van der Waals surface area contributed by atoms with Crippen LogP contribution in [0.25, 0.3) is 0 Å². The second-order valence-corrected chi connectivity index (χ2v) is 12.2. The molecule has 1 N–H and O–H groups in total. The number of hydrogen-bond donors (Lipinski definition) is 1. The van der Waals surface area contributed by atoms with Gasteiger partial charge in [-0.3, -0.25) is 13.9 Å². The molecule has 8 nitrogen and oxygen atoms in total. The van der Waals surface area contributed by atoms with Gasteiger partial charge in [0.05, 0.1) is 19.1 Å². The Hall–Kier alpha value is -2.59. The normalized spacial score (nSPS) is 14.7. The fourth-order valence-corrected chi connectivity index (χ4v) is 5.81. The second-order valence-electron chi connectivity index (χ2n) is 9.42. The van der Waals surface area contributed by atoms with Crippen molar-refractivity contribution < 1.29 is 22.7 Å². The number of methoxy groups -OCH3 is 1. The highest BCUT2D eigenvalue weighted by atomic mass is 79.9. The molecule has 0 heterocycles. The number of ether oxygens (including phenoxy) is 1. The van der Waals surface area contributed by atoms with Crippen LogP contribution in [0.5, 0.6) is 5.75 Å². The van der Waals surface area contributed by atoms with Crippen molar-refractivity contribution in [2.75, 3.05) is 24.2 Å². The number of anilines is 1. The number of amides is 2. The molecular weight excluding hydrogens is 558 g/mol. The van der Waals surface area contributed by atoms with Crippen LogP contribution in [0.3, 0.4) is 0 Å². The molecule has 0 spiro atoms. The molecule has 1 fully saturated rings. The lowest BCUT2D eigenvalue weighted by Gasteiger charge is -2.30. The lowest BCUT2D eigenvalue weighted by atomic mass is 10.1. The minimum Gasteiger partial charge on any atom is -0.495 e.